The highest BCUT2D eigenvalue weighted by Crippen LogP contribution is 2.03. The Morgan fingerprint density at radius 2 is 2.19 bits per heavy atom. The minimum atomic E-state index is -0.499. The van der Waals surface area contributed by atoms with Crippen LogP contribution in [0.3, 0.4) is 0 Å². The van der Waals surface area contributed by atoms with E-state index < -0.39 is 6.09 Å². The Balaban J connectivity index is 0.000000315. The average Bonchev–Trinajstić information content (AvgIpc) is 2.69. The fourth-order valence-corrected chi connectivity index (χ4v) is 1.30. The smallest absolute Gasteiger partial charge is 0.406 e. The van der Waals surface area contributed by atoms with Crippen LogP contribution in [0.5, 0.6) is 0 Å². The fourth-order valence-electron chi connectivity index (χ4n) is 0.773. The Kier molecular flexibility index (Phi) is 8.15. The summed E-state index contributed by atoms with van der Waals surface area (Å²) >= 11 is 1.78. The van der Waals surface area contributed by atoms with E-state index in [-0.39, 0.29) is 5.78 Å². The number of carbonyl (C=O) groups is 2. The number of methoxy groups -OCH3 is 1. The standard InChI is InChI=1S/C6H11NO3.C5H6S/c1-5(8)3-4-7-6(9)10-2;1-5-3-2-4-6-5/h3-4H2,1-2H3,(H,7,9);2-4H,1H3. The lowest BCUT2D eigenvalue weighted by Gasteiger charge is -1.99. The van der Waals surface area contributed by atoms with Gasteiger partial charge in [-0.25, -0.2) is 4.79 Å². The number of carbonyl (C=O) groups excluding carboxylic acids is 2. The van der Waals surface area contributed by atoms with Gasteiger partial charge in [-0.3, -0.25) is 4.79 Å². The van der Waals surface area contributed by atoms with E-state index in [1.54, 1.807) is 11.3 Å². The predicted molar refractivity (Wildman–Crippen MR) is 64.8 cm³/mol. The van der Waals surface area contributed by atoms with Gasteiger partial charge in [0.25, 0.3) is 0 Å². The summed E-state index contributed by atoms with van der Waals surface area (Å²) in [6, 6.07) is 4.16. The van der Waals surface area contributed by atoms with Crippen molar-refractivity contribution in [3.05, 3.63) is 22.4 Å². The highest BCUT2D eigenvalue weighted by atomic mass is 32.1. The summed E-state index contributed by atoms with van der Waals surface area (Å²) in [5, 5.41) is 4.46. The van der Waals surface area contributed by atoms with E-state index in [9.17, 15) is 9.59 Å². The van der Waals surface area contributed by atoms with E-state index in [1.807, 2.05) is 0 Å². The molecule has 0 unspecified atom stereocenters. The predicted octanol–water partition coefficient (Wildman–Crippen LogP) is 2.38. The number of Topliss-reactive ketones (excluding diaryl/α,β-unsaturated/α-hetero) is 1. The zero-order valence-electron chi connectivity index (χ0n) is 9.78. The summed E-state index contributed by atoms with van der Waals surface area (Å²) in [4.78, 5) is 22.1. The maximum Gasteiger partial charge on any atom is 0.406 e. The molecule has 0 aromatic carbocycles. The first-order chi connectivity index (χ1) is 7.56. The van der Waals surface area contributed by atoms with E-state index in [0.717, 1.165) is 0 Å². The number of amides is 1. The first-order valence-electron chi connectivity index (χ1n) is 4.87. The first kappa shape index (κ1) is 14.6. The number of ketones is 1. The van der Waals surface area contributed by atoms with Crippen molar-refractivity contribution < 1.29 is 14.3 Å². The van der Waals surface area contributed by atoms with Crippen LogP contribution in [0.1, 0.15) is 18.2 Å². The molecule has 1 rings (SSSR count). The second-order valence-electron chi connectivity index (χ2n) is 3.09. The van der Waals surface area contributed by atoms with Gasteiger partial charge >= 0.3 is 6.09 Å². The Morgan fingerprint density at radius 1 is 1.50 bits per heavy atom. The van der Waals surface area contributed by atoms with Crippen LogP contribution >= 0.6 is 11.3 Å². The number of thiophene rings is 1. The number of hydrogen-bond donors (Lipinski definition) is 1. The third-order valence-corrected chi connectivity index (χ3v) is 2.40. The lowest BCUT2D eigenvalue weighted by Crippen LogP contribution is -2.25. The second kappa shape index (κ2) is 8.91. The molecular formula is C11H17NO3S. The van der Waals surface area contributed by atoms with Crippen LogP contribution in [0.2, 0.25) is 0 Å². The molecule has 0 saturated carbocycles. The average molecular weight is 243 g/mol. The van der Waals surface area contributed by atoms with Gasteiger partial charge in [-0.2, -0.15) is 0 Å². The molecule has 0 aliphatic heterocycles. The summed E-state index contributed by atoms with van der Waals surface area (Å²) in [6.45, 7) is 3.92. The molecule has 1 heterocycles. The number of rotatable bonds is 3. The topological polar surface area (TPSA) is 55.4 Å². The third kappa shape index (κ3) is 9.21. The zero-order chi connectivity index (χ0) is 12.4. The van der Waals surface area contributed by atoms with Gasteiger partial charge in [-0.1, -0.05) is 6.07 Å². The molecule has 0 bridgehead atoms. The van der Waals surface area contributed by atoms with Gasteiger partial charge in [0.2, 0.25) is 0 Å². The van der Waals surface area contributed by atoms with Gasteiger partial charge in [0.05, 0.1) is 7.11 Å². The van der Waals surface area contributed by atoms with E-state index >= 15 is 0 Å². The maximum atomic E-state index is 10.3. The van der Waals surface area contributed by atoms with Gasteiger partial charge in [-0.15, -0.1) is 11.3 Å². The van der Waals surface area contributed by atoms with Crippen LogP contribution in [0.25, 0.3) is 0 Å². The minimum absolute atomic E-state index is 0.0522. The van der Waals surface area contributed by atoms with Crippen LogP contribution in [0.15, 0.2) is 17.5 Å². The van der Waals surface area contributed by atoms with E-state index in [1.165, 1.54) is 18.9 Å². The number of aryl methyl sites for hydroxylation is 1. The summed E-state index contributed by atoms with van der Waals surface area (Å²) in [7, 11) is 1.28. The molecule has 0 aliphatic rings. The molecule has 0 aliphatic carbocycles. The SMILES string of the molecule is COC(=O)NCCC(C)=O.Cc1cccs1. The Bertz CT molecular complexity index is 309. The molecular weight excluding hydrogens is 226 g/mol. The maximum absolute atomic E-state index is 10.3. The lowest BCUT2D eigenvalue weighted by molar-refractivity contribution is -0.116. The molecule has 16 heavy (non-hydrogen) atoms. The zero-order valence-corrected chi connectivity index (χ0v) is 10.6. The molecule has 0 spiro atoms. The van der Waals surface area contributed by atoms with Crippen molar-refractivity contribution >= 4 is 23.2 Å². The Hall–Kier alpha value is -1.36. The highest BCUT2D eigenvalue weighted by molar-refractivity contribution is 7.09. The van der Waals surface area contributed by atoms with Crippen LogP contribution < -0.4 is 5.32 Å². The largest absolute Gasteiger partial charge is 0.453 e. The third-order valence-electron chi connectivity index (χ3n) is 1.60. The van der Waals surface area contributed by atoms with Crippen molar-refractivity contribution in [2.45, 2.75) is 20.3 Å². The Labute approximate surface area is 99.6 Å². The van der Waals surface area contributed by atoms with Crippen LogP contribution in [-0.4, -0.2) is 25.5 Å². The highest BCUT2D eigenvalue weighted by Gasteiger charge is 1.97. The van der Waals surface area contributed by atoms with Gasteiger partial charge in [0.15, 0.2) is 0 Å². The number of ether oxygens (including phenoxy) is 1. The second-order valence-corrected chi connectivity index (χ2v) is 4.25. The van der Waals surface area contributed by atoms with Gasteiger partial charge in [-0.05, 0) is 25.3 Å². The number of hydrogen-bond acceptors (Lipinski definition) is 4. The van der Waals surface area contributed by atoms with Crippen molar-refractivity contribution in [2.75, 3.05) is 13.7 Å². The first-order valence-corrected chi connectivity index (χ1v) is 5.75. The molecule has 1 aromatic heterocycles. The molecule has 0 fully saturated rings. The number of alkyl carbamates (subject to hydrolysis) is 1. The monoisotopic (exact) mass is 243 g/mol. The molecule has 0 radical (unpaired) electrons. The summed E-state index contributed by atoms with van der Waals surface area (Å²) in [5.74, 6) is 0.0522. The van der Waals surface area contributed by atoms with Crippen molar-refractivity contribution in [1.29, 1.82) is 0 Å². The molecule has 90 valence electrons. The summed E-state index contributed by atoms with van der Waals surface area (Å²) in [6.07, 6.45) is -0.143. The van der Waals surface area contributed by atoms with Crippen LogP contribution in [-0.2, 0) is 9.53 Å². The van der Waals surface area contributed by atoms with Crippen molar-refractivity contribution in [2.24, 2.45) is 0 Å². The number of nitrogens with one attached hydrogen (secondary N) is 1. The van der Waals surface area contributed by atoms with Crippen molar-refractivity contribution in [3.8, 4) is 0 Å². The molecule has 0 atom stereocenters. The summed E-state index contributed by atoms with van der Waals surface area (Å²) < 4.78 is 4.27. The van der Waals surface area contributed by atoms with Crippen molar-refractivity contribution in [3.63, 3.8) is 0 Å². The van der Waals surface area contributed by atoms with Crippen molar-refractivity contribution in [1.82, 2.24) is 5.32 Å². The van der Waals surface area contributed by atoms with Gasteiger partial charge in [0.1, 0.15) is 5.78 Å². The van der Waals surface area contributed by atoms with Gasteiger partial charge in [0, 0.05) is 17.8 Å². The fraction of sp³-hybridized carbons (Fsp3) is 0.455. The molecule has 1 N–H and O–H groups in total. The van der Waals surface area contributed by atoms with Crippen LogP contribution in [0.4, 0.5) is 4.79 Å². The molecule has 4 nitrogen and oxygen atoms in total. The minimum Gasteiger partial charge on any atom is -0.453 e. The molecule has 5 heteroatoms. The molecule has 0 saturated heterocycles. The normalized spacial score (nSPS) is 8.69. The molecule has 1 amide bonds. The Morgan fingerprint density at radius 3 is 2.50 bits per heavy atom. The lowest BCUT2D eigenvalue weighted by atomic mass is 10.3. The van der Waals surface area contributed by atoms with E-state index in [2.05, 4.69) is 34.5 Å². The summed E-state index contributed by atoms with van der Waals surface area (Å²) in [5.41, 5.74) is 0. The van der Waals surface area contributed by atoms with E-state index in [0.29, 0.717) is 13.0 Å². The van der Waals surface area contributed by atoms with E-state index in [4.69, 9.17) is 0 Å². The van der Waals surface area contributed by atoms with Gasteiger partial charge < -0.3 is 10.1 Å². The molecule has 1 aromatic rings. The quantitative estimate of drug-likeness (QED) is 0.886. The van der Waals surface area contributed by atoms with Crippen LogP contribution in [0, 0.1) is 6.92 Å².